The molecule has 2 aromatic rings. The van der Waals surface area contributed by atoms with Crippen molar-refractivity contribution in [2.75, 3.05) is 0 Å². The van der Waals surface area contributed by atoms with Gasteiger partial charge in [-0.1, -0.05) is 6.07 Å². The monoisotopic (exact) mass is 190 g/mol. The lowest BCUT2D eigenvalue weighted by Crippen LogP contribution is -1.99. The molecule has 0 aliphatic rings. The summed E-state index contributed by atoms with van der Waals surface area (Å²) in [5.41, 5.74) is 3.61. The fourth-order valence-corrected chi connectivity index (χ4v) is 1.77. The number of fused-ring (bicyclic) bond motifs is 1. The van der Waals surface area contributed by atoms with E-state index >= 15 is 0 Å². The van der Waals surface area contributed by atoms with Gasteiger partial charge in [0, 0.05) is 12.9 Å². The van der Waals surface area contributed by atoms with Gasteiger partial charge in [-0.15, -0.1) is 0 Å². The molecule has 2 heteroatoms. The summed E-state index contributed by atoms with van der Waals surface area (Å²) >= 11 is 0. The van der Waals surface area contributed by atoms with E-state index in [0.717, 1.165) is 16.5 Å². The first-order valence-corrected chi connectivity index (χ1v) is 4.59. The van der Waals surface area contributed by atoms with Gasteiger partial charge in [0.05, 0.1) is 0 Å². The summed E-state index contributed by atoms with van der Waals surface area (Å²) in [7, 11) is 0. The number of aryl methyl sites for hydroxylation is 3. The molecule has 2 nitrogen and oxygen atoms in total. The number of rotatable bonds is 0. The molecule has 0 unspecified atom stereocenters. The highest BCUT2D eigenvalue weighted by atomic mass is 16.4. The van der Waals surface area contributed by atoms with Gasteiger partial charge in [-0.2, -0.15) is 0 Å². The summed E-state index contributed by atoms with van der Waals surface area (Å²) in [4.78, 5) is 11.2. The third-order valence-corrected chi connectivity index (χ3v) is 2.38. The standard InChI is InChI=1S/C12H12O2.H2/c1-7-4-9(3)12-10(5-7)8(2)6-11(13)14-12;/h4-6H,1-3H3;1H. The van der Waals surface area contributed by atoms with E-state index in [1.807, 2.05) is 32.9 Å². The highest BCUT2D eigenvalue weighted by Gasteiger charge is 2.04. The summed E-state index contributed by atoms with van der Waals surface area (Å²) < 4.78 is 5.17. The highest BCUT2D eigenvalue weighted by Crippen LogP contribution is 2.21. The summed E-state index contributed by atoms with van der Waals surface area (Å²) in [5, 5.41) is 1.03. The van der Waals surface area contributed by atoms with E-state index < -0.39 is 0 Å². The van der Waals surface area contributed by atoms with Crippen LogP contribution in [0.5, 0.6) is 0 Å². The molecule has 0 atom stereocenters. The summed E-state index contributed by atoms with van der Waals surface area (Å²) in [6.07, 6.45) is 0. The van der Waals surface area contributed by atoms with Crippen LogP contribution in [-0.2, 0) is 0 Å². The van der Waals surface area contributed by atoms with Crippen LogP contribution < -0.4 is 5.63 Å². The molecule has 0 aliphatic carbocycles. The van der Waals surface area contributed by atoms with Crippen LogP contribution in [0.25, 0.3) is 11.0 Å². The molecule has 0 aliphatic heterocycles. The van der Waals surface area contributed by atoms with Gasteiger partial charge in [0.15, 0.2) is 0 Å². The predicted octanol–water partition coefficient (Wildman–Crippen LogP) is 2.96. The van der Waals surface area contributed by atoms with Crippen molar-refractivity contribution in [2.24, 2.45) is 0 Å². The van der Waals surface area contributed by atoms with E-state index in [1.165, 1.54) is 11.6 Å². The van der Waals surface area contributed by atoms with Crippen molar-refractivity contribution < 1.29 is 5.84 Å². The third kappa shape index (κ3) is 1.33. The highest BCUT2D eigenvalue weighted by molar-refractivity contribution is 5.83. The minimum atomic E-state index is -0.276. The quantitative estimate of drug-likeness (QED) is 0.598. The molecule has 0 spiro atoms. The third-order valence-electron chi connectivity index (χ3n) is 2.38. The molecule has 0 radical (unpaired) electrons. The van der Waals surface area contributed by atoms with Crippen molar-refractivity contribution in [3.63, 3.8) is 0 Å². The lowest BCUT2D eigenvalue weighted by atomic mass is 10.0. The molecule has 1 heterocycles. The van der Waals surface area contributed by atoms with Gasteiger partial charge in [0.25, 0.3) is 0 Å². The van der Waals surface area contributed by atoms with E-state index in [4.69, 9.17) is 4.42 Å². The first kappa shape index (κ1) is 9.00. The molecule has 0 bridgehead atoms. The van der Waals surface area contributed by atoms with Gasteiger partial charge in [0.1, 0.15) is 5.58 Å². The van der Waals surface area contributed by atoms with Crippen molar-refractivity contribution >= 4 is 11.0 Å². The normalized spacial score (nSPS) is 10.8. The van der Waals surface area contributed by atoms with Crippen molar-refractivity contribution in [1.29, 1.82) is 0 Å². The SMILES string of the molecule is Cc1cc(C)c2oc(=O)cc(C)c2c1.[HH]. The van der Waals surface area contributed by atoms with Gasteiger partial charge in [-0.25, -0.2) is 4.79 Å². The van der Waals surface area contributed by atoms with Gasteiger partial charge < -0.3 is 4.42 Å². The van der Waals surface area contributed by atoms with Crippen LogP contribution in [0.15, 0.2) is 27.4 Å². The van der Waals surface area contributed by atoms with Gasteiger partial charge in [-0.3, -0.25) is 0 Å². The zero-order valence-corrected chi connectivity index (χ0v) is 8.55. The Morgan fingerprint density at radius 1 is 1.07 bits per heavy atom. The van der Waals surface area contributed by atoms with E-state index in [9.17, 15) is 4.79 Å². The molecule has 0 fully saturated rings. The minimum absolute atomic E-state index is 0. The Balaban J connectivity index is 0.00000112. The second-order valence-electron chi connectivity index (χ2n) is 3.71. The molecule has 74 valence electrons. The van der Waals surface area contributed by atoms with Crippen molar-refractivity contribution in [1.82, 2.24) is 0 Å². The second kappa shape index (κ2) is 2.98. The van der Waals surface area contributed by atoms with Gasteiger partial charge in [-0.05, 0) is 43.5 Å². The van der Waals surface area contributed by atoms with Crippen LogP contribution in [-0.4, -0.2) is 0 Å². The average molecular weight is 190 g/mol. The summed E-state index contributed by atoms with van der Waals surface area (Å²) in [6.45, 7) is 5.92. The zero-order chi connectivity index (χ0) is 10.3. The minimum Gasteiger partial charge on any atom is -0.422 e. The first-order valence-electron chi connectivity index (χ1n) is 4.59. The Morgan fingerprint density at radius 3 is 2.50 bits per heavy atom. The Kier molecular flexibility index (Phi) is 1.92. The van der Waals surface area contributed by atoms with Crippen molar-refractivity contribution in [2.45, 2.75) is 20.8 Å². The van der Waals surface area contributed by atoms with Crippen LogP contribution in [0.4, 0.5) is 0 Å². The van der Waals surface area contributed by atoms with E-state index in [0.29, 0.717) is 5.58 Å². The molecule has 0 amide bonds. The maximum Gasteiger partial charge on any atom is 0.336 e. The van der Waals surface area contributed by atoms with Crippen LogP contribution in [0, 0.1) is 20.8 Å². The smallest absolute Gasteiger partial charge is 0.336 e. The fourth-order valence-electron chi connectivity index (χ4n) is 1.77. The Hall–Kier alpha value is -1.57. The van der Waals surface area contributed by atoms with Crippen LogP contribution >= 0.6 is 0 Å². The Morgan fingerprint density at radius 2 is 1.79 bits per heavy atom. The molecule has 1 aromatic carbocycles. The summed E-state index contributed by atoms with van der Waals surface area (Å²) in [5.74, 6) is 0. The first-order chi connectivity index (χ1) is 6.58. The molecule has 0 saturated carbocycles. The fraction of sp³-hybridized carbons (Fsp3) is 0.250. The second-order valence-corrected chi connectivity index (χ2v) is 3.71. The molecular weight excluding hydrogens is 176 g/mol. The molecule has 2 rings (SSSR count). The van der Waals surface area contributed by atoms with Crippen molar-refractivity contribution in [3.05, 3.63) is 45.3 Å². The molecule has 1 aromatic heterocycles. The lowest BCUT2D eigenvalue weighted by molar-refractivity contribution is 0.557. The molecular formula is C12H14O2. The van der Waals surface area contributed by atoms with Crippen molar-refractivity contribution in [3.8, 4) is 0 Å². The molecule has 0 N–H and O–H groups in total. The average Bonchev–Trinajstić information content (AvgIpc) is 2.07. The molecule has 0 saturated heterocycles. The van der Waals surface area contributed by atoms with Gasteiger partial charge in [0.2, 0.25) is 0 Å². The Bertz CT molecular complexity index is 555. The maximum absolute atomic E-state index is 11.2. The number of hydrogen-bond acceptors (Lipinski definition) is 2. The van der Waals surface area contributed by atoms with E-state index in [2.05, 4.69) is 0 Å². The van der Waals surface area contributed by atoms with Crippen LogP contribution in [0.1, 0.15) is 18.1 Å². The van der Waals surface area contributed by atoms with Crippen LogP contribution in [0.3, 0.4) is 0 Å². The Labute approximate surface area is 83.7 Å². The maximum atomic E-state index is 11.2. The van der Waals surface area contributed by atoms with E-state index in [1.54, 1.807) is 0 Å². The molecule has 14 heavy (non-hydrogen) atoms. The topological polar surface area (TPSA) is 30.2 Å². The largest absolute Gasteiger partial charge is 0.422 e. The van der Waals surface area contributed by atoms with Crippen LogP contribution in [0.2, 0.25) is 0 Å². The number of benzene rings is 1. The summed E-state index contributed by atoms with van der Waals surface area (Å²) in [6, 6.07) is 5.59. The predicted molar refractivity (Wildman–Crippen MR) is 58.8 cm³/mol. The number of hydrogen-bond donors (Lipinski definition) is 0. The van der Waals surface area contributed by atoms with E-state index in [-0.39, 0.29) is 7.05 Å². The zero-order valence-electron chi connectivity index (χ0n) is 8.55. The van der Waals surface area contributed by atoms with Gasteiger partial charge >= 0.3 is 5.63 Å². The lowest BCUT2D eigenvalue weighted by Gasteiger charge is -2.04.